The Kier molecular flexibility index (Phi) is 7.20. The van der Waals surface area contributed by atoms with Gasteiger partial charge in [-0.3, -0.25) is 0 Å². The molecule has 1 aliphatic rings. The van der Waals surface area contributed by atoms with Crippen LogP contribution in [-0.4, -0.2) is 48.3 Å². The van der Waals surface area contributed by atoms with Crippen molar-refractivity contribution in [2.24, 2.45) is 0 Å². The van der Waals surface area contributed by atoms with E-state index < -0.39 is 0 Å². The normalized spacial score (nSPS) is 25.7. The molecule has 0 bridgehead atoms. The number of nitrogens with zero attached hydrogens (tertiary/aromatic N) is 1. The van der Waals surface area contributed by atoms with Crippen molar-refractivity contribution >= 4 is 0 Å². The van der Waals surface area contributed by atoms with E-state index in [0.717, 1.165) is 12.5 Å². The summed E-state index contributed by atoms with van der Waals surface area (Å²) in [5.41, 5.74) is -0.0929. The van der Waals surface area contributed by atoms with E-state index in [4.69, 9.17) is 0 Å². The molecule has 0 aromatic carbocycles. The van der Waals surface area contributed by atoms with Crippen LogP contribution in [-0.2, 0) is 0 Å². The quantitative estimate of drug-likeness (QED) is 0.687. The smallest absolute Gasteiger partial charge is 0.0610 e. The number of hydrogen-bond acceptors (Lipinski definition) is 3. The van der Waals surface area contributed by atoms with Crippen LogP contribution < -0.4 is 5.32 Å². The zero-order valence-electron chi connectivity index (χ0n) is 12.5. The van der Waals surface area contributed by atoms with Gasteiger partial charge in [-0.05, 0) is 59.7 Å². The van der Waals surface area contributed by atoms with Crippen LogP contribution in [0.5, 0.6) is 0 Å². The SMILES string of the molecule is CNC(C)(CO)CCCCN1CCCCCC1C. The van der Waals surface area contributed by atoms with Crippen LogP contribution in [0.2, 0.25) is 0 Å². The van der Waals surface area contributed by atoms with Crippen LogP contribution in [0, 0.1) is 0 Å². The summed E-state index contributed by atoms with van der Waals surface area (Å²) in [5, 5.41) is 12.6. The van der Waals surface area contributed by atoms with Crippen LogP contribution in [0.3, 0.4) is 0 Å². The van der Waals surface area contributed by atoms with Gasteiger partial charge in [-0.15, -0.1) is 0 Å². The molecule has 0 aliphatic carbocycles. The van der Waals surface area contributed by atoms with E-state index in [9.17, 15) is 5.11 Å². The monoisotopic (exact) mass is 256 g/mol. The lowest BCUT2D eigenvalue weighted by Crippen LogP contribution is -2.43. The molecule has 1 aliphatic heterocycles. The third-order valence-electron chi connectivity index (χ3n) is 4.57. The molecule has 2 atom stereocenters. The standard InChI is InChI=1S/C15H32N2O/c1-14-9-5-4-7-11-17(14)12-8-6-10-15(2,13-18)16-3/h14,16,18H,4-13H2,1-3H3. The van der Waals surface area contributed by atoms with Gasteiger partial charge in [0.1, 0.15) is 0 Å². The first-order valence-electron chi connectivity index (χ1n) is 7.65. The molecule has 0 aromatic heterocycles. The molecule has 0 saturated carbocycles. The van der Waals surface area contributed by atoms with Gasteiger partial charge in [-0.1, -0.05) is 19.3 Å². The lowest BCUT2D eigenvalue weighted by molar-refractivity contribution is 0.164. The predicted molar refractivity (Wildman–Crippen MR) is 77.9 cm³/mol. The molecule has 3 heteroatoms. The number of aliphatic hydroxyl groups is 1. The van der Waals surface area contributed by atoms with Gasteiger partial charge in [0.15, 0.2) is 0 Å². The van der Waals surface area contributed by atoms with Crippen molar-refractivity contribution < 1.29 is 5.11 Å². The zero-order valence-corrected chi connectivity index (χ0v) is 12.5. The van der Waals surface area contributed by atoms with Gasteiger partial charge < -0.3 is 15.3 Å². The third kappa shape index (κ3) is 5.25. The van der Waals surface area contributed by atoms with Crippen LogP contribution in [0.4, 0.5) is 0 Å². The minimum Gasteiger partial charge on any atom is -0.394 e. The largest absolute Gasteiger partial charge is 0.394 e. The first kappa shape index (κ1) is 15.9. The van der Waals surface area contributed by atoms with Crippen LogP contribution in [0.25, 0.3) is 0 Å². The summed E-state index contributed by atoms with van der Waals surface area (Å²) in [5.74, 6) is 0. The summed E-state index contributed by atoms with van der Waals surface area (Å²) >= 11 is 0. The van der Waals surface area contributed by atoms with Crippen molar-refractivity contribution in [3.8, 4) is 0 Å². The summed E-state index contributed by atoms with van der Waals surface area (Å²) in [7, 11) is 1.94. The van der Waals surface area contributed by atoms with Gasteiger partial charge in [0, 0.05) is 11.6 Å². The predicted octanol–water partition coefficient (Wildman–Crippen LogP) is 2.39. The highest BCUT2D eigenvalue weighted by Crippen LogP contribution is 2.18. The molecule has 1 rings (SSSR count). The van der Waals surface area contributed by atoms with Gasteiger partial charge in [0.05, 0.1) is 6.61 Å². The van der Waals surface area contributed by atoms with Crippen molar-refractivity contribution in [2.75, 3.05) is 26.7 Å². The highest BCUT2D eigenvalue weighted by Gasteiger charge is 2.20. The van der Waals surface area contributed by atoms with Crippen molar-refractivity contribution in [3.05, 3.63) is 0 Å². The average Bonchev–Trinajstić information content (AvgIpc) is 2.59. The van der Waals surface area contributed by atoms with Crippen molar-refractivity contribution in [3.63, 3.8) is 0 Å². The number of rotatable bonds is 7. The number of likely N-dealkylation sites (tertiary alicyclic amines) is 1. The molecule has 0 radical (unpaired) electrons. The molecule has 108 valence electrons. The Morgan fingerprint density at radius 3 is 2.72 bits per heavy atom. The molecule has 0 spiro atoms. The molecule has 0 aromatic rings. The number of likely N-dealkylation sites (N-methyl/N-ethyl adjacent to an activating group) is 1. The first-order chi connectivity index (χ1) is 8.61. The van der Waals surface area contributed by atoms with Gasteiger partial charge in [-0.2, -0.15) is 0 Å². The van der Waals surface area contributed by atoms with Crippen LogP contribution in [0.1, 0.15) is 58.8 Å². The van der Waals surface area contributed by atoms with E-state index in [1.54, 1.807) is 0 Å². The molecule has 3 nitrogen and oxygen atoms in total. The Bertz CT molecular complexity index is 217. The molecule has 0 amide bonds. The second-order valence-electron chi connectivity index (χ2n) is 6.16. The zero-order chi connectivity index (χ0) is 13.4. The molecule has 2 unspecified atom stereocenters. The summed E-state index contributed by atoms with van der Waals surface area (Å²) in [4.78, 5) is 2.66. The number of aliphatic hydroxyl groups excluding tert-OH is 1. The van der Waals surface area contributed by atoms with E-state index in [0.29, 0.717) is 0 Å². The van der Waals surface area contributed by atoms with E-state index in [-0.39, 0.29) is 12.1 Å². The minimum atomic E-state index is -0.0929. The summed E-state index contributed by atoms with van der Waals surface area (Å²) < 4.78 is 0. The van der Waals surface area contributed by atoms with Crippen molar-refractivity contribution in [1.82, 2.24) is 10.2 Å². The van der Waals surface area contributed by atoms with Crippen LogP contribution >= 0.6 is 0 Å². The molecule has 1 saturated heterocycles. The average molecular weight is 256 g/mol. The fourth-order valence-electron chi connectivity index (χ4n) is 2.78. The highest BCUT2D eigenvalue weighted by molar-refractivity contribution is 4.80. The highest BCUT2D eigenvalue weighted by atomic mass is 16.3. The van der Waals surface area contributed by atoms with Gasteiger partial charge in [0.25, 0.3) is 0 Å². The van der Waals surface area contributed by atoms with Gasteiger partial charge in [0.2, 0.25) is 0 Å². The topological polar surface area (TPSA) is 35.5 Å². The Balaban J connectivity index is 2.20. The maximum Gasteiger partial charge on any atom is 0.0610 e. The van der Waals surface area contributed by atoms with Gasteiger partial charge in [-0.25, -0.2) is 0 Å². The second kappa shape index (κ2) is 8.13. The lowest BCUT2D eigenvalue weighted by atomic mass is 9.96. The van der Waals surface area contributed by atoms with Crippen LogP contribution in [0.15, 0.2) is 0 Å². The summed E-state index contributed by atoms with van der Waals surface area (Å²) in [6.07, 6.45) is 9.05. The van der Waals surface area contributed by atoms with Crippen molar-refractivity contribution in [1.29, 1.82) is 0 Å². The summed E-state index contributed by atoms with van der Waals surface area (Å²) in [6, 6.07) is 0.765. The number of nitrogens with one attached hydrogen (secondary N) is 1. The second-order valence-corrected chi connectivity index (χ2v) is 6.16. The van der Waals surface area contributed by atoms with Crippen molar-refractivity contribution in [2.45, 2.75) is 70.4 Å². The molecular formula is C15H32N2O. The Morgan fingerprint density at radius 2 is 2.06 bits per heavy atom. The summed E-state index contributed by atoms with van der Waals surface area (Å²) in [6.45, 7) is 7.21. The number of unbranched alkanes of at least 4 members (excludes halogenated alkanes) is 1. The molecule has 1 fully saturated rings. The molecule has 18 heavy (non-hydrogen) atoms. The lowest BCUT2D eigenvalue weighted by Gasteiger charge is -2.29. The Hall–Kier alpha value is -0.120. The maximum atomic E-state index is 9.34. The first-order valence-corrected chi connectivity index (χ1v) is 7.65. The maximum absolute atomic E-state index is 9.34. The molecular weight excluding hydrogens is 224 g/mol. The molecule has 2 N–H and O–H groups in total. The fraction of sp³-hybridized carbons (Fsp3) is 1.00. The van der Waals surface area contributed by atoms with E-state index in [1.165, 1.54) is 51.6 Å². The Labute approximate surface area is 113 Å². The van der Waals surface area contributed by atoms with E-state index in [1.807, 2.05) is 7.05 Å². The Morgan fingerprint density at radius 1 is 1.28 bits per heavy atom. The third-order valence-corrected chi connectivity index (χ3v) is 4.57. The molecule has 1 heterocycles. The minimum absolute atomic E-state index is 0.0929. The van der Waals surface area contributed by atoms with Gasteiger partial charge >= 0.3 is 0 Å². The number of hydrogen-bond donors (Lipinski definition) is 2. The van der Waals surface area contributed by atoms with E-state index in [2.05, 4.69) is 24.1 Å². The van der Waals surface area contributed by atoms with E-state index >= 15 is 0 Å². The fourth-order valence-corrected chi connectivity index (χ4v) is 2.78.